The Balaban J connectivity index is 1.55. The predicted octanol–water partition coefficient (Wildman–Crippen LogP) is 4.16. The number of anilines is 1. The molecule has 1 aliphatic rings. The smallest absolute Gasteiger partial charge is 0.228 e. The fraction of sp³-hybridized carbons (Fsp3) is 0.394. The number of carbonyl (C=O) groups excluding carboxylic acids is 2. The van der Waals surface area contributed by atoms with Gasteiger partial charge in [0.15, 0.2) is 0 Å². The van der Waals surface area contributed by atoms with Crippen molar-refractivity contribution in [3.63, 3.8) is 0 Å². The van der Waals surface area contributed by atoms with Crippen LogP contribution in [-0.4, -0.2) is 72.7 Å². The van der Waals surface area contributed by atoms with Gasteiger partial charge >= 0.3 is 0 Å². The summed E-state index contributed by atoms with van der Waals surface area (Å²) in [6, 6.07) is 22.7. The van der Waals surface area contributed by atoms with Gasteiger partial charge in [-0.3, -0.25) is 14.5 Å². The number of amides is 2. The highest BCUT2D eigenvalue weighted by Gasteiger charge is 2.31. The Kier molecular flexibility index (Phi) is 10.4. The molecule has 0 bridgehead atoms. The van der Waals surface area contributed by atoms with E-state index >= 15 is 0 Å². The number of likely N-dealkylation sites (N-methyl/N-ethyl adjacent to an activating group) is 1. The summed E-state index contributed by atoms with van der Waals surface area (Å²) >= 11 is 0. The summed E-state index contributed by atoms with van der Waals surface area (Å²) < 4.78 is 11.9. The summed E-state index contributed by atoms with van der Waals surface area (Å²) in [6.45, 7) is 5.65. The van der Waals surface area contributed by atoms with Crippen LogP contribution < -0.4 is 14.8 Å². The van der Waals surface area contributed by atoms with Crippen molar-refractivity contribution in [2.24, 2.45) is 5.92 Å². The lowest BCUT2D eigenvalue weighted by Gasteiger charge is -2.34. The maximum Gasteiger partial charge on any atom is 0.228 e. The van der Waals surface area contributed by atoms with Crippen LogP contribution in [0.2, 0.25) is 0 Å². The van der Waals surface area contributed by atoms with Crippen LogP contribution in [0.3, 0.4) is 0 Å². The highest BCUT2D eigenvalue weighted by Crippen LogP contribution is 2.29. The summed E-state index contributed by atoms with van der Waals surface area (Å²) in [5.41, 5.74) is 3.41. The number of rotatable bonds is 10. The van der Waals surface area contributed by atoms with Gasteiger partial charge in [0.1, 0.15) is 17.6 Å². The monoisotopic (exact) mass is 559 g/mol. The molecule has 0 fully saturated rings. The minimum absolute atomic E-state index is 0.00229. The van der Waals surface area contributed by atoms with E-state index in [-0.39, 0.29) is 49.3 Å². The molecule has 0 saturated heterocycles. The molecule has 8 nitrogen and oxygen atoms in total. The van der Waals surface area contributed by atoms with Gasteiger partial charge in [-0.05, 0) is 55.4 Å². The molecular formula is C33H41N3O5. The lowest BCUT2D eigenvalue weighted by Crippen LogP contribution is -2.47. The Morgan fingerprint density at radius 2 is 1.85 bits per heavy atom. The van der Waals surface area contributed by atoms with Crippen LogP contribution in [0, 0.1) is 5.92 Å². The van der Waals surface area contributed by atoms with Gasteiger partial charge in [0, 0.05) is 36.8 Å². The van der Waals surface area contributed by atoms with Crippen LogP contribution >= 0.6 is 0 Å². The van der Waals surface area contributed by atoms with Gasteiger partial charge < -0.3 is 24.8 Å². The first-order valence-electron chi connectivity index (χ1n) is 14.1. The molecule has 4 rings (SSSR count). The predicted molar refractivity (Wildman–Crippen MR) is 160 cm³/mol. The molecule has 0 unspecified atom stereocenters. The van der Waals surface area contributed by atoms with Gasteiger partial charge in [-0.1, -0.05) is 49.4 Å². The Labute approximate surface area is 242 Å². The molecule has 41 heavy (non-hydrogen) atoms. The van der Waals surface area contributed by atoms with Crippen molar-refractivity contribution in [1.82, 2.24) is 9.80 Å². The first kappa shape index (κ1) is 30.1. The van der Waals surface area contributed by atoms with Gasteiger partial charge in [0.2, 0.25) is 11.8 Å². The van der Waals surface area contributed by atoms with Crippen molar-refractivity contribution < 1.29 is 24.2 Å². The first-order valence-corrected chi connectivity index (χ1v) is 14.1. The normalized spacial score (nSPS) is 18.0. The molecule has 2 amide bonds. The van der Waals surface area contributed by atoms with Gasteiger partial charge in [-0.25, -0.2) is 0 Å². The van der Waals surface area contributed by atoms with Crippen molar-refractivity contribution in [2.75, 3.05) is 39.2 Å². The van der Waals surface area contributed by atoms with E-state index in [9.17, 15) is 14.7 Å². The lowest BCUT2D eigenvalue weighted by molar-refractivity contribution is -0.134. The van der Waals surface area contributed by atoms with E-state index < -0.39 is 0 Å². The van der Waals surface area contributed by atoms with Crippen molar-refractivity contribution in [3.8, 4) is 11.5 Å². The summed E-state index contributed by atoms with van der Waals surface area (Å²) in [4.78, 5) is 30.2. The number of nitrogens with zero attached hydrogens (tertiary/aromatic N) is 2. The van der Waals surface area contributed by atoms with Crippen molar-refractivity contribution in [2.45, 2.75) is 45.4 Å². The van der Waals surface area contributed by atoms with E-state index in [0.717, 1.165) is 23.4 Å². The van der Waals surface area contributed by atoms with Crippen molar-refractivity contribution >= 4 is 17.5 Å². The SMILES string of the molecule is COc1ccc(CN(C)C[C@H]2Oc3ccc(NC(=O)Cc4ccccc4)cc3CC(=O)N([C@@H](C)CO)C[C@H]2C)cc1. The fourth-order valence-corrected chi connectivity index (χ4v) is 5.13. The van der Waals surface area contributed by atoms with Gasteiger partial charge in [0.25, 0.3) is 0 Å². The summed E-state index contributed by atoms with van der Waals surface area (Å²) in [5, 5.41) is 12.9. The zero-order valence-corrected chi connectivity index (χ0v) is 24.4. The zero-order valence-electron chi connectivity index (χ0n) is 24.4. The summed E-state index contributed by atoms with van der Waals surface area (Å²) in [5.74, 6) is 1.24. The lowest BCUT2D eigenvalue weighted by atomic mass is 10.0. The molecule has 0 aliphatic carbocycles. The molecule has 218 valence electrons. The number of methoxy groups -OCH3 is 1. The van der Waals surface area contributed by atoms with Crippen LogP contribution in [0.15, 0.2) is 72.8 Å². The number of fused-ring (bicyclic) bond motifs is 1. The Hall–Kier alpha value is -3.88. The number of ether oxygens (including phenoxy) is 2. The van der Waals surface area contributed by atoms with E-state index in [1.165, 1.54) is 0 Å². The molecule has 1 aliphatic heterocycles. The standard InChI is InChI=1S/C33H41N3O5/c1-23-19-36(24(2)22-37)33(39)18-27-17-28(34-32(38)16-25-8-6-5-7-9-25)12-15-30(27)41-31(23)21-35(3)20-26-10-13-29(40-4)14-11-26/h5-15,17,23-24,31,37H,16,18-22H2,1-4H3,(H,34,38)/t23-,24+,31-/m1/s1. The molecule has 3 atom stereocenters. The largest absolute Gasteiger partial charge is 0.497 e. The molecular weight excluding hydrogens is 518 g/mol. The van der Waals surface area contributed by atoms with E-state index in [2.05, 4.69) is 36.3 Å². The van der Waals surface area contributed by atoms with Crippen molar-refractivity contribution in [3.05, 3.63) is 89.5 Å². The van der Waals surface area contributed by atoms with Gasteiger partial charge in [-0.2, -0.15) is 0 Å². The molecule has 3 aromatic carbocycles. The van der Waals surface area contributed by atoms with E-state index in [0.29, 0.717) is 30.1 Å². The average Bonchev–Trinajstić information content (AvgIpc) is 3.01. The maximum absolute atomic E-state index is 13.5. The van der Waals surface area contributed by atoms with E-state index in [1.54, 1.807) is 12.0 Å². The Morgan fingerprint density at radius 3 is 2.54 bits per heavy atom. The number of nitrogens with one attached hydrogen (secondary N) is 1. The number of carbonyl (C=O) groups is 2. The molecule has 8 heteroatoms. The number of aliphatic hydroxyl groups is 1. The highest BCUT2D eigenvalue weighted by molar-refractivity contribution is 5.92. The molecule has 0 radical (unpaired) electrons. The molecule has 0 spiro atoms. The number of aliphatic hydroxyl groups excluding tert-OH is 1. The van der Waals surface area contributed by atoms with Crippen LogP contribution in [0.5, 0.6) is 11.5 Å². The molecule has 3 aromatic rings. The number of benzene rings is 3. The second kappa shape index (κ2) is 14.1. The number of hydrogen-bond donors (Lipinski definition) is 2. The highest BCUT2D eigenvalue weighted by atomic mass is 16.5. The second-order valence-electron chi connectivity index (χ2n) is 11.0. The molecule has 2 N–H and O–H groups in total. The summed E-state index contributed by atoms with van der Waals surface area (Å²) in [6.07, 6.45) is 0.160. The Morgan fingerprint density at radius 1 is 1.12 bits per heavy atom. The van der Waals surface area contributed by atoms with E-state index in [4.69, 9.17) is 9.47 Å². The zero-order chi connectivity index (χ0) is 29.4. The minimum atomic E-state index is -0.321. The second-order valence-corrected chi connectivity index (χ2v) is 11.0. The molecule has 0 aromatic heterocycles. The Bertz CT molecular complexity index is 1300. The first-order chi connectivity index (χ1) is 19.7. The molecule has 1 heterocycles. The third-order valence-corrected chi connectivity index (χ3v) is 7.51. The van der Waals surface area contributed by atoms with Gasteiger partial charge in [0.05, 0.1) is 32.6 Å². The fourth-order valence-electron chi connectivity index (χ4n) is 5.13. The quantitative estimate of drug-likeness (QED) is 0.388. The minimum Gasteiger partial charge on any atom is -0.497 e. The average molecular weight is 560 g/mol. The third-order valence-electron chi connectivity index (χ3n) is 7.51. The molecule has 0 saturated carbocycles. The van der Waals surface area contributed by atoms with Gasteiger partial charge in [-0.15, -0.1) is 0 Å². The topological polar surface area (TPSA) is 91.3 Å². The van der Waals surface area contributed by atoms with Crippen LogP contribution in [-0.2, 0) is 29.0 Å². The van der Waals surface area contributed by atoms with Crippen LogP contribution in [0.25, 0.3) is 0 Å². The summed E-state index contributed by atoms with van der Waals surface area (Å²) in [7, 11) is 3.71. The van der Waals surface area contributed by atoms with Crippen LogP contribution in [0.4, 0.5) is 5.69 Å². The third kappa shape index (κ3) is 8.31. The maximum atomic E-state index is 13.5. The van der Waals surface area contributed by atoms with E-state index in [1.807, 2.05) is 67.6 Å². The van der Waals surface area contributed by atoms with Crippen LogP contribution in [0.1, 0.15) is 30.5 Å². The number of hydrogen-bond acceptors (Lipinski definition) is 6. The van der Waals surface area contributed by atoms with Crippen molar-refractivity contribution in [1.29, 1.82) is 0 Å².